The monoisotopic (exact) mass is 338 g/mol. The van der Waals surface area contributed by atoms with Crippen LogP contribution in [0.4, 0.5) is 10.1 Å². The van der Waals surface area contributed by atoms with Crippen LogP contribution in [-0.2, 0) is 14.3 Å². The zero-order valence-corrected chi connectivity index (χ0v) is 13.4. The highest BCUT2D eigenvalue weighted by molar-refractivity contribution is 5.96. The van der Waals surface area contributed by atoms with Gasteiger partial charge >= 0.3 is 5.97 Å². The van der Waals surface area contributed by atoms with E-state index in [1.807, 2.05) is 6.07 Å². The molecule has 0 spiro atoms. The van der Waals surface area contributed by atoms with Crippen LogP contribution in [0.5, 0.6) is 0 Å². The summed E-state index contributed by atoms with van der Waals surface area (Å²) >= 11 is 0. The number of halogens is 1. The van der Waals surface area contributed by atoms with Gasteiger partial charge in [-0.3, -0.25) is 4.79 Å². The maximum atomic E-state index is 13.0. The lowest BCUT2D eigenvalue weighted by atomic mass is 10.2. The van der Waals surface area contributed by atoms with Crippen LogP contribution >= 0.6 is 0 Å². The number of nitrogens with zero attached hydrogens (tertiary/aromatic N) is 1. The lowest BCUT2D eigenvalue weighted by Gasteiger charge is -2.12. The molecule has 0 bridgehead atoms. The standard InChI is InChI=1S/C19H15FN2O3/c1-13(19(24)22-17-7-3-5-15(11-17)12-21)25-18(23)9-8-14-4-2-6-16(20)10-14/h2-11,13H,1H3,(H,22,24). The van der Waals surface area contributed by atoms with E-state index in [0.29, 0.717) is 16.8 Å². The van der Waals surface area contributed by atoms with E-state index >= 15 is 0 Å². The molecule has 1 N–H and O–H groups in total. The fourth-order valence-electron chi connectivity index (χ4n) is 1.95. The molecule has 0 aliphatic rings. The van der Waals surface area contributed by atoms with Crippen LogP contribution < -0.4 is 5.32 Å². The smallest absolute Gasteiger partial charge is 0.331 e. The Bertz CT molecular complexity index is 856. The van der Waals surface area contributed by atoms with Gasteiger partial charge in [-0.2, -0.15) is 5.26 Å². The molecule has 0 fully saturated rings. The summed E-state index contributed by atoms with van der Waals surface area (Å²) in [6.07, 6.45) is 1.48. The predicted octanol–water partition coefficient (Wildman–Crippen LogP) is 3.28. The summed E-state index contributed by atoms with van der Waals surface area (Å²) < 4.78 is 18.0. The number of carbonyl (C=O) groups is 2. The van der Waals surface area contributed by atoms with E-state index in [9.17, 15) is 14.0 Å². The number of benzene rings is 2. The summed E-state index contributed by atoms with van der Waals surface area (Å²) in [5.41, 5.74) is 1.34. The van der Waals surface area contributed by atoms with Gasteiger partial charge in [-0.15, -0.1) is 0 Å². The number of nitriles is 1. The Labute approximate surface area is 144 Å². The van der Waals surface area contributed by atoms with Crippen molar-refractivity contribution in [3.63, 3.8) is 0 Å². The molecule has 2 rings (SSSR count). The Morgan fingerprint density at radius 3 is 2.72 bits per heavy atom. The zero-order chi connectivity index (χ0) is 18.2. The van der Waals surface area contributed by atoms with Crippen LogP contribution in [-0.4, -0.2) is 18.0 Å². The molecule has 6 heteroatoms. The number of hydrogen-bond acceptors (Lipinski definition) is 4. The lowest BCUT2D eigenvalue weighted by Crippen LogP contribution is -2.29. The third kappa shape index (κ3) is 5.59. The first-order valence-electron chi connectivity index (χ1n) is 7.43. The Hall–Kier alpha value is -3.46. The number of nitrogens with one attached hydrogen (secondary N) is 1. The van der Waals surface area contributed by atoms with Crippen LogP contribution in [0.15, 0.2) is 54.6 Å². The molecule has 25 heavy (non-hydrogen) atoms. The lowest BCUT2D eigenvalue weighted by molar-refractivity contribution is -0.148. The Morgan fingerprint density at radius 1 is 1.24 bits per heavy atom. The Kier molecular flexibility index (Phi) is 6.02. The van der Waals surface area contributed by atoms with E-state index in [1.165, 1.54) is 37.3 Å². The van der Waals surface area contributed by atoms with Crippen LogP contribution in [0.25, 0.3) is 6.08 Å². The molecule has 0 saturated heterocycles. The second-order valence-corrected chi connectivity index (χ2v) is 5.15. The minimum atomic E-state index is -1.03. The van der Waals surface area contributed by atoms with Crippen molar-refractivity contribution < 1.29 is 18.7 Å². The molecular formula is C19H15FN2O3. The highest BCUT2D eigenvalue weighted by Gasteiger charge is 2.16. The maximum absolute atomic E-state index is 13.0. The summed E-state index contributed by atoms with van der Waals surface area (Å²) in [6, 6.07) is 14.0. The second-order valence-electron chi connectivity index (χ2n) is 5.15. The van der Waals surface area contributed by atoms with E-state index < -0.39 is 23.8 Å². The molecular weight excluding hydrogens is 323 g/mol. The summed E-state index contributed by atoms with van der Waals surface area (Å²) in [5.74, 6) is -1.66. The molecule has 1 unspecified atom stereocenters. The number of ether oxygens (including phenoxy) is 1. The van der Waals surface area contributed by atoms with Crippen LogP contribution in [0.3, 0.4) is 0 Å². The first kappa shape index (κ1) is 17.9. The second kappa shape index (κ2) is 8.41. The normalized spacial score (nSPS) is 11.6. The van der Waals surface area contributed by atoms with E-state index in [0.717, 1.165) is 6.08 Å². The van der Waals surface area contributed by atoms with Gasteiger partial charge in [0.25, 0.3) is 5.91 Å². The third-order valence-electron chi connectivity index (χ3n) is 3.18. The summed E-state index contributed by atoms with van der Waals surface area (Å²) in [5, 5.41) is 11.4. The molecule has 1 atom stereocenters. The molecule has 0 saturated carbocycles. The molecule has 0 aromatic heterocycles. The number of carbonyl (C=O) groups excluding carboxylic acids is 2. The van der Waals surface area contributed by atoms with Crippen LogP contribution in [0.2, 0.25) is 0 Å². The first-order chi connectivity index (χ1) is 12.0. The fourth-order valence-corrected chi connectivity index (χ4v) is 1.95. The van der Waals surface area contributed by atoms with Crippen molar-refractivity contribution in [1.82, 2.24) is 0 Å². The van der Waals surface area contributed by atoms with Gasteiger partial charge in [-0.1, -0.05) is 18.2 Å². The van der Waals surface area contributed by atoms with Gasteiger partial charge in [-0.05, 0) is 48.9 Å². The van der Waals surface area contributed by atoms with Crippen molar-refractivity contribution in [2.45, 2.75) is 13.0 Å². The minimum absolute atomic E-state index is 0.403. The Morgan fingerprint density at radius 2 is 2.00 bits per heavy atom. The van der Waals surface area contributed by atoms with Crippen molar-refractivity contribution in [1.29, 1.82) is 5.26 Å². The number of amides is 1. The predicted molar refractivity (Wildman–Crippen MR) is 90.8 cm³/mol. The number of hydrogen-bond donors (Lipinski definition) is 1. The van der Waals surface area contributed by atoms with Gasteiger partial charge in [0.15, 0.2) is 6.10 Å². The SMILES string of the molecule is CC(OC(=O)C=Cc1cccc(F)c1)C(=O)Nc1cccc(C#N)c1. The van der Waals surface area contributed by atoms with Gasteiger partial charge < -0.3 is 10.1 Å². The molecule has 0 aliphatic heterocycles. The van der Waals surface area contributed by atoms with E-state index in [4.69, 9.17) is 10.00 Å². The van der Waals surface area contributed by atoms with Gasteiger partial charge in [0.05, 0.1) is 11.6 Å². The van der Waals surface area contributed by atoms with Crippen molar-refractivity contribution in [2.75, 3.05) is 5.32 Å². The molecule has 0 aliphatic carbocycles. The molecule has 2 aromatic carbocycles. The summed E-state index contributed by atoms with van der Waals surface area (Å²) in [6.45, 7) is 1.43. The third-order valence-corrected chi connectivity index (χ3v) is 3.18. The average Bonchev–Trinajstić information content (AvgIpc) is 2.60. The van der Waals surface area contributed by atoms with Crippen molar-refractivity contribution >= 4 is 23.6 Å². The maximum Gasteiger partial charge on any atom is 0.331 e. The molecule has 126 valence electrons. The minimum Gasteiger partial charge on any atom is -0.449 e. The van der Waals surface area contributed by atoms with Gasteiger partial charge in [0.2, 0.25) is 0 Å². The van der Waals surface area contributed by atoms with Gasteiger partial charge in [0.1, 0.15) is 5.82 Å². The molecule has 0 heterocycles. The van der Waals surface area contributed by atoms with Crippen LogP contribution in [0, 0.1) is 17.1 Å². The quantitative estimate of drug-likeness (QED) is 0.670. The summed E-state index contributed by atoms with van der Waals surface area (Å²) in [7, 11) is 0. The number of esters is 1. The number of rotatable bonds is 5. The first-order valence-corrected chi connectivity index (χ1v) is 7.43. The topological polar surface area (TPSA) is 79.2 Å². The fraction of sp³-hybridized carbons (Fsp3) is 0.105. The summed E-state index contributed by atoms with van der Waals surface area (Å²) in [4.78, 5) is 23.8. The largest absolute Gasteiger partial charge is 0.449 e. The van der Waals surface area contributed by atoms with Gasteiger partial charge in [0, 0.05) is 11.8 Å². The van der Waals surface area contributed by atoms with Crippen molar-refractivity contribution in [3.05, 3.63) is 71.6 Å². The number of anilines is 1. The highest BCUT2D eigenvalue weighted by atomic mass is 19.1. The molecule has 2 aromatic rings. The van der Waals surface area contributed by atoms with E-state index in [1.54, 1.807) is 24.3 Å². The highest BCUT2D eigenvalue weighted by Crippen LogP contribution is 2.11. The Balaban J connectivity index is 1.91. The zero-order valence-electron chi connectivity index (χ0n) is 13.4. The van der Waals surface area contributed by atoms with Gasteiger partial charge in [-0.25, -0.2) is 9.18 Å². The van der Waals surface area contributed by atoms with Crippen molar-refractivity contribution in [2.24, 2.45) is 0 Å². The molecule has 5 nitrogen and oxygen atoms in total. The van der Waals surface area contributed by atoms with Crippen LogP contribution in [0.1, 0.15) is 18.1 Å². The van der Waals surface area contributed by atoms with E-state index in [-0.39, 0.29) is 0 Å². The molecule has 0 radical (unpaired) electrons. The van der Waals surface area contributed by atoms with Crippen molar-refractivity contribution in [3.8, 4) is 6.07 Å². The average molecular weight is 338 g/mol. The molecule has 1 amide bonds. The van der Waals surface area contributed by atoms with E-state index in [2.05, 4.69) is 5.32 Å².